The van der Waals surface area contributed by atoms with Gasteiger partial charge in [-0.2, -0.15) is 4.31 Å². The molecule has 0 spiro atoms. The summed E-state index contributed by atoms with van der Waals surface area (Å²) in [6, 6.07) is 5.73. The standard InChI is InChI=1S/C17H20FN3O3S/c1-13-9-19-17(20-10-13)24-12-14-5-4-8-21(11-14)25(22,23)16-7-3-2-6-15(16)18/h2-3,6-7,9-10,14H,4-5,8,11-12H2,1H3. The Morgan fingerprint density at radius 2 is 2.00 bits per heavy atom. The van der Waals surface area contributed by atoms with Gasteiger partial charge in [-0.15, -0.1) is 0 Å². The summed E-state index contributed by atoms with van der Waals surface area (Å²) in [5, 5.41) is 0. The van der Waals surface area contributed by atoms with E-state index in [4.69, 9.17) is 4.74 Å². The summed E-state index contributed by atoms with van der Waals surface area (Å²) in [6.45, 7) is 2.89. The third kappa shape index (κ3) is 4.13. The van der Waals surface area contributed by atoms with E-state index in [1.54, 1.807) is 12.4 Å². The van der Waals surface area contributed by atoms with E-state index in [0.29, 0.717) is 26.1 Å². The Morgan fingerprint density at radius 1 is 1.28 bits per heavy atom. The summed E-state index contributed by atoms with van der Waals surface area (Å²) in [4.78, 5) is 7.87. The first-order chi connectivity index (χ1) is 12.0. The minimum atomic E-state index is -3.84. The zero-order valence-electron chi connectivity index (χ0n) is 13.9. The number of benzene rings is 1. The molecule has 1 fully saturated rings. The molecule has 3 rings (SSSR count). The van der Waals surface area contributed by atoms with Crippen LogP contribution in [0.1, 0.15) is 18.4 Å². The number of aromatic nitrogens is 2. The monoisotopic (exact) mass is 365 g/mol. The lowest BCUT2D eigenvalue weighted by Gasteiger charge is -2.31. The Morgan fingerprint density at radius 3 is 2.72 bits per heavy atom. The van der Waals surface area contributed by atoms with Crippen molar-refractivity contribution >= 4 is 10.0 Å². The zero-order chi connectivity index (χ0) is 17.9. The van der Waals surface area contributed by atoms with Crippen molar-refractivity contribution in [1.82, 2.24) is 14.3 Å². The summed E-state index contributed by atoms with van der Waals surface area (Å²) >= 11 is 0. The largest absolute Gasteiger partial charge is 0.463 e. The third-order valence-corrected chi connectivity index (χ3v) is 6.04. The van der Waals surface area contributed by atoms with Crippen molar-refractivity contribution in [3.63, 3.8) is 0 Å². The summed E-state index contributed by atoms with van der Waals surface area (Å²) in [6.07, 6.45) is 4.88. The Kier molecular flexibility index (Phi) is 5.29. The van der Waals surface area contributed by atoms with Gasteiger partial charge in [-0.3, -0.25) is 0 Å². The van der Waals surface area contributed by atoms with Crippen LogP contribution in [0.2, 0.25) is 0 Å². The molecule has 2 heterocycles. The Hall–Kier alpha value is -2.06. The lowest BCUT2D eigenvalue weighted by atomic mass is 10.0. The molecule has 0 aliphatic carbocycles. The van der Waals surface area contributed by atoms with Gasteiger partial charge in [0.1, 0.15) is 10.7 Å². The van der Waals surface area contributed by atoms with E-state index >= 15 is 0 Å². The topological polar surface area (TPSA) is 72.4 Å². The summed E-state index contributed by atoms with van der Waals surface area (Å²) in [5.41, 5.74) is 0.937. The molecule has 6 nitrogen and oxygen atoms in total. The van der Waals surface area contributed by atoms with Gasteiger partial charge >= 0.3 is 6.01 Å². The van der Waals surface area contributed by atoms with E-state index in [2.05, 4.69) is 9.97 Å². The number of aryl methyl sites for hydroxylation is 1. The second-order valence-electron chi connectivity index (χ2n) is 6.16. The second kappa shape index (κ2) is 7.45. The van der Waals surface area contributed by atoms with E-state index < -0.39 is 15.8 Å². The molecule has 0 saturated carbocycles. The van der Waals surface area contributed by atoms with Crippen LogP contribution in [0, 0.1) is 18.7 Å². The van der Waals surface area contributed by atoms with Crippen LogP contribution in [0.4, 0.5) is 4.39 Å². The number of rotatable bonds is 5. The minimum Gasteiger partial charge on any atom is -0.463 e. The van der Waals surface area contributed by atoms with Crippen LogP contribution in [-0.4, -0.2) is 42.4 Å². The Labute approximate surface area is 146 Å². The van der Waals surface area contributed by atoms with Crippen LogP contribution in [0.3, 0.4) is 0 Å². The summed E-state index contributed by atoms with van der Waals surface area (Å²) in [7, 11) is -3.84. The molecule has 1 aliphatic rings. The first kappa shape index (κ1) is 17.8. The van der Waals surface area contributed by atoms with Crippen molar-refractivity contribution in [2.75, 3.05) is 19.7 Å². The van der Waals surface area contributed by atoms with Crippen molar-refractivity contribution < 1.29 is 17.5 Å². The lowest BCUT2D eigenvalue weighted by molar-refractivity contribution is 0.171. The molecule has 1 unspecified atom stereocenters. The molecule has 2 aromatic rings. The molecule has 134 valence electrons. The highest BCUT2D eigenvalue weighted by molar-refractivity contribution is 7.89. The van der Waals surface area contributed by atoms with Crippen molar-refractivity contribution in [3.05, 3.63) is 48.0 Å². The molecule has 0 N–H and O–H groups in total. The van der Waals surface area contributed by atoms with Gasteiger partial charge in [0.05, 0.1) is 6.61 Å². The minimum absolute atomic E-state index is 0.0141. The van der Waals surface area contributed by atoms with Gasteiger partial charge in [-0.1, -0.05) is 12.1 Å². The Balaban J connectivity index is 1.66. The van der Waals surface area contributed by atoms with Crippen molar-refractivity contribution in [1.29, 1.82) is 0 Å². The van der Waals surface area contributed by atoms with E-state index in [1.807, 2.05) is 6.92 Å². The average molecular weight is 365 g/mol. The quantitative estimate of drug-likeness (QED) is 0.814. The van der Waals surface area contributed by atoms with Crippen molar-refractivity contribution in [2.24, 2.45) is 5.92 Å². The van der Waals surface area contributed by atoms with Gasteiger partial charge in [0.2, 0.25) is 10.0 Å². The van der Waals surface area contributed by atoms with Crippen LogP contribution in [-0.2, 0) is 10.0 Å². The second-order valence-corrected chi connectivity index (χ2v) is 8.06. The number of ether oxygens (including phenoxy) is 1. The number of piperidine rings is 1. The van der Waals surface area contributed by atoms with E-state index in [0.717, 1.165) is 18.1 Å². The molecule has 0 amide bonds. The number of hydrogen-bond donors (Lipinski definition) is 0. The lowest BCUT2D eigenvalue weighted by Crippen LogP contribution is -2.41. The number of halogens is 1. The number of hydrogen-bond acceptors (Lipinski definition) is 5. The predicted octanol–water partition coefficient (Wildman–Crippen LogP) is 2.40. The van der Waals surface area contributed by atoms with Crippen LogP contribution in [0.25, 0.3) is 0 Å². The fraction of sp³-hybridized carbons (Fsp3) is 0.412. The van der Waals surface area contributed by atoms with Crippen LogP contribution in [0.5, 0.6) is 6.01 Å². The molecule has 1 aliphatic heterocycles. The van der Waals surface area contributed by atoms with Crippen LogP contribution >= 0.6 is 0 Å². The van der Waals surface area contributed by atoms with E-state index in [9.17, 15) is 12.8 Å². The molecule has 25 heavy (non-hydrogen) atoms. The maximum atomic E-state index is 13.9. The molecule has 1 atom stereocenters. The third-order valence-electron chi connectivity index (χ3n) is 4.14. The van der Waals surface area contributed by atoms with Crippen LogP contribution < -0.4 is 4.74 Å². The molecular formula is C17H20FN3O3S. The summed E-state index contributed by atoms with van der Waals surface area (Å²) in [5.74, 6) is -0.714. The predicted molar refractivity (Wildman–Crippen MR) is 90.1 cm³/mol. The first-order valence-corrected chi connectivity index (χ1v) is 9.57. The maximum Gasteiger partial charge on any atom is 0.316 e. The Bertz CT molecular complexity index is 827. The summed E-state index contributed by atoms with van der Waals surface area (Å²) < 4.78 is 46.2. The van der Waals surface area contributed by atoms with Gasteiger partial charge in [-0.05, 0) is 37.5 Å². The van der Waals surface area contributed by atoms with Crippen molar-refractivity contribution in [2.45, 2.75) is 24.7 Å². The van der Waals surface area contributed by atoms with Gasteiger partial charge < -0.3 is 4.74 Å². The molecule has 8 heteroatoms. The van der Waals surface area contributed by atoms with Gasteiger partial charge in [0.15, 0.2) is 0 Å². The van der Waals surface area contributed by atoms with Gasteiger partial charge in [0, 0.05) is 31.4 Å². The fourth-order valence-electron chi connectivity index (χ4n) is 2.82. The molecule has 1 saturated heterocycles. The molecule has 1 aromatic carbocycles. The van der Waals surface area contributed by atoms with Gasteiger partial charge in [-0.25, -0.2) is 22.8 Å². The molecule has 0 radical (unpaired) electrons. The average Bonchev–Trinajstić information content (AvgIpc) is 2.62. The maximum absolute atomic E-state index is 13.9. The molecular weight excluding hydrogens is 345 g/mol. The fourth-order valence-corrected chi connectivity index (χ4v) is 4.44. The van der Waals surface area contributed by atoms with E-state index in [-0.39, 0.29) is 16.8 Å². The number of sulfonamides is 1. The van der Waals surface area contributed by atoms with Crippen LogP contribution in [0.15, 0.2) is 41.6 Å². The van der Waals surface area contributed by atoms with E-state index in [1.165, 1.54) is 22.5 Å². The van der Waals surface area contributed by atoms with Crippen molar-refractivity contribution in [3.8, 4) is 6.01 Å². The zero-order valence-corrected chi connectivity index (χ0v) is 14.7. The highest BCUT2D eigenvalue weighted by Gasteiger charge is 2.32. The number of nitrogens with zero attached hydrogens (tertiary/aromatic N) is 3. The molecule has 1 aromatic heterocycles. The van der Waals surface area contributed by atoms with Gasteiger partial charge in [0.25, 0.3) is 0 Å². The first-order valence-electron chi connectivity index (χ1n) is 8.13. The smallest absolute Gasteiger partial charge is 0.316 e. The SMILES string of the molecule is Cc1cnc(OCC2CCCN(S(=O)(=O)c3ccccc3F)C2)nc1. The highest BCUT2D eigenvalue weighted by Crippen LogP contribution is 2.25. The molecule has 0 bridgehead atoms. The highest BCUT2D eigenvalue weighted by atomic mass is 32.2. The normalized spacial score (nSPS) is 18.9.